The quantitative estimate of drug-likeness (QED) is 0.637. The van der Waals surface area contributed by atoms with Gasteiger partial charge in [-0.25, -0.2) is 0 Å². The van der Waals surface area contributed by atoms with Crippen LogP contribution in [0.3, 0.4) is 0 Å². The van der Waals surface area contributed by atoms with Gasteiger partial charge in [-0.3, -0.25) is 9.59 Å². The van der Waals surface area contributed by atoms with Crippen molar-refractivity contribution in [1.29, 1.82) is 0 Å². The lowest BCUT2D eigenvalue weighted by Crippen LogP contribution is -2.39. The molecule has 0 aliphatic carbocycles. The maximum atomic E-state index is 12.4. The van der Waals surface area contributed by atoms with E-state index in [-0.39, 0.29) is 24.5 Å². The number of carbonyl (C=O) groups excluding carboxylic acids is 2. The van der Waals surface area contributed by atoms with Crippen molar-refractivity contribution in [3.63, 3.8) is 0 Å². The molecule has 160 valence electrons. The molecule has 1 unspecified atom stereocenters. The Morgan fingerprint density at radius 1 is 1.17 bits per heavy atom. The Balaban J connectivity index is 1.57. The number of anilines is 1. The van der Waals surface area contributed by atoms with E-state index >= 15 is 0 Å². The van der Waals surface area contributed by atoms with Crippen LogP contribution in [0.1, 0.15) is 37.8 Å². The van der Waals surface area contributed by atoms with Gasteiger partial charge >= 0.3 is 0 Å². The second-order valence-electron chi connectivity index (χ2n) is 7.12. The molecule has 1 aliphatic rings. The molecule has 0 saturated carbocycles. The monoisotopic (exact) mass is 450 g/mol. The summed E-state index contributed by atoms with van der Waals surface area (Å²) in [5, 5.41) is 6.69. The molecule has 2 aromatic carbocycles. The van der Waals surface area contributed by atoms with Crippen molar-refractivity contribution in [3.8, 4) is 5.75 Å². The van der Waals surface area contributed by atoms with Crippen LogP contribution in [0.15, 0.2) is 42.5 Å². The molecule has 1 aliphatic heterocycles. The average Bonchev–Trinajstić information content (AvgIpc) is 2.75. The van der Waals surface area contributed by atoms with Gasteiger partial charge in [0.15, 0.2) is 6.61 Å². The third-order valence-corrected chi connectivity index (χ3v) is 5.36. The molecule has 6 nitrogen and oxygen atoms in total. The molecule has 2 atom stereocenters. The average molecular weight is 451 g/mol. The highest BCUT2D eigenvalue weighted by Gasteiger charge is 2.23. The van der Waals surface area contributed by atoms with Crippen LogP contribution in [0.4, 0.5) is 5.69 Å². The predicted octanol–water partition coefficient (Wildman–Crippen LogP) is 4.76. The zero-order chi connectivity index (χ0) is 21.5. The Kier molecular flexibility index (Phi) is 7.96. The molecule has 0 radical (unpaired) electrons. The van der Waals surface area contributed by atoms with E-state index in [4.69, 9.17) is 32.7 Å². The molecule has 2 amide bonds. The number of hydrogen-bond donors (Lipinski definition) is 2. The summed E-state index contributed by atoms with van der Waals surface area (Å²) < 4.78 is 11.0. The SMILES string of the molecule is C[C@@H](NC(=O)C1CCCCO1)c1ccc(Cl)c(NC(=O)COc2ccc(Cl)cc2)c1. The normalized spacial score (nSPS) is 17.1. The number of halogens is 2. The van der Waals surface area contributed by atoms with E-state index in [9.17, 15) is 9.59 Å². The van der Waals surface area contributed by atoms with Crippen LogP contribution in [-0.2, 0) is 14.3 Å². The van der Waals surface area contributed by atoms with Crippen LogP contribution in [0.5, 0.6) is 5.75 Å². The van der Waals surface area contributed by atoms with E-state index in [0.717, 1.165) is 24.8 Å². The van der Waals surface area contributed by atoms with Gasteiger partial charge < -0.3 is 20.1 Å². The number of ether oxygens (including phenoxy) is 2. The third-order valence-electron chi connectivity index (χ3n) is 4.78. The van der Waals surface area contributed by atoms with Gasteiger partial charge in [-0.05, 0) is 68.1 Å². The summed E-state index contributed by atoms with van der Waals surface area (Å²) in [5.74, 6) is 0.0612. The first-order valence-corrected chi connectivity index (χ1v) is 10.6. The fourth-order valence-electron chi connectivity index (χ4n) is 3.11. The Bertz CT molecular complexity index is 883. The molecule has 0 spiro atoms. The molecule has 0 bridgehead atoms. The molecule has 1 heterocycles. The molecule has 2 N–H and O–H groups in total. The van der Waals surface area contributed by atoms with Crippen molar-refractivity contribution >= 4 is 40.7 Å². The van der Waals surface area contributed by atoms with Gasteiger partial charge in [0.2, 0.25) is 5.91 Å². The summed E-state index contributed by atoms with van der Waals surface area (Å²) in [4.78, 5) is 24.7. The first-order chi connectivity index (χ1) is 14.4. The standard InChI is InChI=1S/C22H24Cl2N2O4/c1-14(25-22(28)20-4-2-3-11-29-20)15-5-10-18(24)19(12-15)26-21(27)13-30-17-8-6-16(23)7-9-17/h5-10,12,14,20H,2-4,11,13H2,1H3,(H,25,28)(H,26,27)/t14-,20?/m1/s1. The second-order valence-corrected chi connectivity index (χ2v) is 7.96. The Labute approximate surface area is 185 Å². The minimum atomic E-state index is -0.405. The van der Waals surface area contributed by atoms with E-state index < -0.39 is 6.10 Å². The third kappa shape index (κ3) is 6.36. The second kappa shape index (κ2) is 10.7. The lowest BCUT2D eigenvalue weighted by atomic mass is 10.1. The highest BCUT2D eigenvalue weighted by atomic mass is 35.5. The molecule has 3 rings (SSSR count). The molecular weight excluding hydrogens is 427 g/mol. The zero-order valence-corrected chi connectivity index (χ0v) is 18.1. The number of benzene rings is 2. The highest BCUT2D eigenvalue weighted by Crippen LogP contribution is 2.26. The summed E-state index contributed by atoms with van der Waals surface area (Å²) >= 11 is 12.1. The summed E-state index contributed by atoms with van der Waals surface area (Å²) in [6.45, 7) is 2.31. The van der Waals surface area contributed by atoms with E-state index in [1.54, 1.807) is 36.4 Å². The highest BCUT2D eigenvalue weighted by molar-refractivity contribution is 6.33. The fraction of sp³-hybridized carbons (Fsp3) is 0.364. The first kappa shape index (κ1) is 22.4. The maximum Gasteiger partial charge on any atom is 0.262 e. The Hall–Kier alpha value is -2.28. The summed E-state index contributed by atoms with van der Waals surface area (Å²) in [5.41, 5.74) is 1.27. The van der Waals surface area contributed by atoms with E-state index in [0.29, 0.717) is 28.1 Å². The molecule has 1 fully saturated rings. The molecule has 8 heteroatoms. The smallest absolute Gasteiger partial charge is 0.262 e. The van der Waals surface area contributed by atoms with Gasteiger partial charge in [0.1, 0.15) is 11.9 Å². The van der Waals surface area contributed by atoms with Crippen molar-refractivity contribution in [2.45, 2.75) is 38.3 Å². The first-order valence-electron chi connectivity index (χ1n) is 9.82. The van der Waals surface area contributed by atoms with Gasteiger partial charge in [-0.15, -0.1) is 0 Å². The lowest BCUT2D eigenvalue weighted by Gasteiger charge is -2.24. The molecule has 2 aromatic rings. The number of rotatable bonds is 7. The molecule has 0 aromatic heterocycles. The van der Waals surface area contributed by atoms with Gasteiger partial charge in [0.05, 0.1) is 16.8 Å². The summed E-state index contributed by atoms with van der Waals surface area (Å²) in [6, 6.07) is 11.7. The fourth-order valence-corrected chi connectivity index (χ4v) is 3.40. The topological polar surface area (TPSA) is 76.7 Å². The maximum absolute atomic E-state index is 12.4. The number of carbonyl (C=O) groups is 2. The van der Waals surface area contributed by atoms with Gasteiger partial charge in [0, 0.05) is 11.6 Å². The van der Waals surface area contributed by atoms with Crippen molar-refractivity contribution in [1.82, 2.24) is 5.32 Å². The lowest BCUT2D eigenvalue weighted by molar-refractivity contribution is -0.136. The van der Waals surface area contributed by atoms with E-state index in [2.05, 4.69) is 10.6 Å². The molecule has 1 saturated heterocycles. The van der Waals surface area contributed by atoms with Gasteiger partial charge in [0.25, 0.3) is 5.91 Å². The van der Waals surface area contributed by atoms with Crippen LogP contribution in [0.25, 0.3) is 0 Å². The van der Waals surface area contributed by atoms with Crippen molar-refractivity contribution in [3.05, 3.63) is 58.1 Å². The van der Waals surface area contributed by atoms with E-state index in [1.165, 1.54) is 0 Å². The molecule has 30 heavy (non-hydrogen) atoms. The molecular formula is C22H24Cl2N2O4. The van der Waals surface area contributed by atoms with Crippen LogP contribution in [-0.4, -0.2) is 31.1 Å². The van der Waals surface area contributed by atoms with Crippen molar-refractivity contribution in [2.24, 2.45) is 0 Å². The van der Waals surface area contributed by atoms with Gasteiger partial charge in [-0.2, -0.15) is 0 Å². The van der Waals surface area contributed by atoms with E-state index in [1.807, 2.05) is 13.0 Å². The summed E-state index contributed by atoms with van der Waals surface area (Å²) in [6.07, 6.45) is 2.30. The van der Waals surface area contributed by atoms with Crippen LogP contribution in [0.2, 0.25) is 10.0 Å². The Morgan fingerprint density at radius 3 is 2.63 bits per heavy atom. The number of hydrogen-bond acceptors (Lipinski definition) is 4. The van der Waals surface area contributed by atoms with Gasteiger partial charge in [-0.1, -0.05) is 29.3 Å². The minimum Gasteiger partial charge on any atom is -0.484 e. The van der Waals surface area contributed by atoms with Crippen molar-refractivity contribution in [2.75, 3.05) is 18.5 Å². The zero-order valence-electron chi connectivity index (χ0n) is 16.6. The summed E-state index contributed by atoms with van der Waals surface area (Å²) in [7, 11) is 0. The predicted molar refractivity (Wildman–Crippen MR) is 117 cm³/mol. The largest absolute Gasteiger partial charge is 0.484 e. The number of amides is 2. The van der Waals surface area contributed by atoms with Crippen LogP contribution >= 0.6 is 23.2 Å². The Morgan fingerprint density at radius 2 is 1.93 bits per heavy atom. The van der Waals surface area contributed by atoms with Crippen LogP contribution in [0, 0.1) is 0 Å². The van der Waals surface area contributed by atoms with Crippen molar-refractivity contribution < 1.29 is 19.1 Å². The minimum absolute atomic E-state index is 0.126. The number of nitrogens with one attached hydrogen (secondary N) is 2. The van der Waals surface area contributed by atoms with Crippen LogP contribution < -0.4 is 15.4 Å².